The van der Waals surface area contributed by atoms with E-state index >= 15 is 0 Å². The molecule has 0 aromatic carbocycles. The summed E-state index contributed by atoms with van der Waals surface area (Å²) in [5.74, 6) is -0.158. The molecular formula is C16H20N4O2. The monoisotopic (exact) mass is 300 g/mol. The van der Waals surface area contributed by atoms with Gasteiger partial charge in [0.05, 0.1) is 30.9 Å². The number of aromatic nitrogens is 1. The zero-order chi connectivity index (χ0) is 15.4. The molecule has 116 valence electrons. The van der Waals surface area contributed by atoms with Gasteiger partial charge in [-0.15, -0.1) is 0 Å². The molecule has 6 heteroatoms. The first-order valence-electron chi connectivity index (χ1n) is 7.77. The Bertz CT molecular complexity index is 561. The fourth-order valence-corrected chi connectivity index (χ4v) is 3.14. The molecule has 22 heavy (non-hydrogen) atoms. The van der Waals surface area contributed by atoms with Crippen molar-refractivity contribution in [3.8, 4) is 6.07 Å². The Labute approximate surface area is 130 Å². The maximum Gasteiger partial charge on any atom is 0.253 e. The number of pyridine rings is 1. The van der Waals surface area contributed by atoms with E-state index in [-0.39, 0.29) is 18.0 Å². The van der Waals surface area contributed by atoms with Crippen LogP contribution in [-0.4, -0.2) is 54.2 Å². The summed E-state index contributed by atoms with van der Waals surface area (Å²) in [5, 5.41) is 11.8. The van der Waals surface area contributed by atoms with Crippen molar-refractivity contribution < 1.29 is 9.53 Å². The molecule has 0 aliphatic carbocycles. The number of carbonyl (C=O) groups excluding carboxylic acids is 1. The quantitative estimate of drug-likeness (QED) is 0.898. The van der Waals surface area contributed by atoms with E-state index in [2.05, 4.69) is 15.2 Å². The summed E-state index contributed by atoms with van der Waals surface area (Å²) in [4.78, 5) is 18.7. The second-order valence-electron chi connectivity index (χ2n) is 5.83. The SMILES string of the molecule is N#Cc1ccc(C(=O)N[C@H]2COC[C@@H]2N2CCCCC2)cn1. The Morgan fingerprint density at radius 2 is 2.14 bits per heavy atom. The first-order chi connectivity index (χ1) is 10.8. The van der Waals surface area contributed by atoms with Crippen LogP contribution in [0.3, 0.4) is 0 Å². The lowest BCUT2D eigenvalue weighted by atomic mass is 10.0. The van der Waals surface area contributed by atoms with Gasteiger partial charge in [-0.2, -0.15) is 5.26 Å². The molecule has 1 aromatic heterocycles. The number of nitrogens with one attached hydrogen (secondary N) is 1. The molecule has 2 aliphatic rings. The first kappa shape index (κ1) is 14.9. The highest BCUT2D eigenvalue weighted by molar-refractivity contribution is 5.94. The molecule has 2 saturated heterocycles. The van der Waals surface area contributed by atoms with Crippen molar-refractivity contribution >= 4 is 5.91 Å². The lowest BCUT2D eigenvalue weighted by Gasteiger charge is -2.34. The number of hydrogen-bond acceptors (Lipinski definition) is 5. The fraction of sp³-hybridized carbons (Fsp3) is 0.562. The first-order valence-corrected chi connectivity index (χ1v) is 7.77. The van der Waals surface area contributed by atoms with E-state index in [0.717, 1.165) is 13.1 Å². The zero-order valence-electron chi connectivity index (χ0n) is 12.5. The molecule has 2 fully saturated rings. The molecule has 2 aliphatic heterocycles. The highest BCUT2D eigenvalue weighted by Crippen LogP contribution is 2.19. The van der Waals surface area contributed by atoms with Gasteiger partial charge in [0.25, 0.3) is 5.91 Å². The van der Waals surface area contributed by atoms with Crippen LogP contribution in [-0.2, 0) is 4.74 Å². The van der Waals surface area contributed by atoms with Crippen LogP contribution in [0, 0.1) is 11.3 Å². The van der Waals surface area contributed by atoms with Crippen molar-refractivity contribution in [3.05, 3.63) is 29.6 Å². The summed E-state index contributed by atoms with van der Waals surface area (Å²) in [5.41, 5.74) is 0.787. The second kappa shape index (κ2) is 6.86. The molecule has 3 heterocycles. The maximum atomic E-state index is 12.3. The highest BCUT2D eigenvalue weighted by atomic mass is 16.5. The van der Waals surface area contributed by atoms with E-state index in [0.29, 0.717) is 24.5 Å². The third kappa shape index (κ3) is 3.26. The number of carbonyl (C=O) groups is 1. The molecular weight excluding hydrogens is 280 g/mol. The largest absolute Gasteiger partial charge is 0.378 e. The smallest absolute Gasteiger partial charge is 0.253 e. The Kier molecular flexibility index (Phi) is 4.66. The Morgan fingerprint density at radius 3 is 2.82 bits per heavy atom. The fourth-order valence-electron chi connectivity index (χ4n) is 3.14. The number of piperidine rings is 1. The summed E-state index contributed by atoms with van der Waals surface area (Å²) in [6, 6.07) is 5.41. The number of nitriles is 1. The molecule has 1 aromatic rings. The van der Waals surface area contributed by atoms with Gasteiger partial charge in [-0.1, -0.05) is 6.42 Å². The number of ether oxygens (including phenoxy) is 1. The molecule has 0 unspecified atom stereocenters. The Morgan fingerprint density at radius 1 is 1.32 bits per heavy atom. The van der Waals surface area contributed by atoms with E-state index < -0.39 is 0 Å². The van der Waals surface area contributed by atoms with Gasteiger partial charge in [0.15, 0.2) is 0 Å². The number of nitrogens with zero attached hydrogens (tertiary/aromatic N) is 3. The lowest BCUT2D eigenvalue weighted by Crippen LogP contribution is -2.52. The van der Waals surface area contributed by atoms with Gasteiger partial charge >= 0.3 is 0 Å². The molecule has 0 radical (unpaired) electrons. The van der Waals surface area contributed by atoms with E-state index in [1.54, 1.807) is 12.1 Å². The van der Waals surface area contributed by atoms with Gasteiger partial charge in [-0.25, -0.2) is 4.98 Å². The number of likely N-dealkylation sites (tertiary alicyclic amines) is 1. The summed E-state index contributed by atoms with van der Waals surface area (Å²) in [6.45, 7) is 3.39. The number of rotatable bonds is 3. The van der Waals surface area contributed by atoms with Gasteiger partial charge < -0.3 is 10.1 Å². The van der Waals surface area contributed by atoms with E-state index in [9.17, 15) is 4.79 Å². The summed E-state index contributed by atoms with van der Waals surface area (Å²) in [6.07, 6.45) is 5.17. The molecule has 1 amide bonds. The maximum absolute atomic E-state index is 12.3. The summed E-state index contributed by atoms with van der Waals surface area (Å²) >= 11 is 0. The third-order valence-electron chi connectivity index (χ3n) is 4.37. The minimum atomic E-state index is -0.158. The van der Waals surface area contributed by atoms with Crippen molar-refractivity contribution in [2.75, 3.05) is 26.3 Å². The van der Waals surface area contributed by atoms with Crippen LogP contribution in [0.5, 0.6) is 0 Å². The number of amides is 1. The van der Waals surface area contributed by atoms with Gasteiger partial charge in [0, 0.05) is 6.20 Å². The van der Waals surface area contributed by atoms with Crippen LogP contribution in [0.4, 0.5) is 0 Å². The lowest BCUT2D eigenvalue weighted by molar-refractivity contribution is 0.0899. The second-order valence-corrected chi connectivity index (χ2v) is 5.83. The average molecular weight is 300 g/mol. The van der Waals surface area contributed by atoms with Crippen LogP contribution in [0.25, 0.3) is 0 Å². The molecule has 2 atom stereocenters. The van der Waals surface area contributed by atoms with Crippen LogP contribution in [0.1, 0.15) is 35.3 Å². The summed E-state index contributed by atoms with van der Waals surface area (Å²) in [7, 11) is 0. The molecule has 6 nitrogen and oxygen atoms in total. The predicted octanol–water partition coefficient (Wildman–Crippen LogP) is 0.936. The van der Waals surface area contributed by atoms with Gasteiger partial charge in [0.2, 0.25) is 0 Å². The molecule has 0 bridgehead atoms. The molecule has 3 rings (SSSR count). The highest BCUT2D eigenvalue weighted by Gasteiger charge is 2.34. The number of hydrogen-bond donors (Lipinski definition) is 1. The minimum Gasteiger partial charge on any atom is -0.378 e. The van der Waals surface area contributed by atoms with Gasteiger partial charge in [0.1, 0.15) is 11.8 Å². The molecule has 0 saturated carbocycles. The zero-order valence-corrected chi connectivity index (χ0v) is 12.5. The van der Waals surface area contributed by atoms with E-state index in [4.69, 9.17) is 10.00 Å². The molecule has 0 spiro atoms. The van der Waals surface area contributed by atoms with Gasteiger partial charge in [-0.05, 0) is 38.1 Å². The Balaban J connectivity index is 1.63. The minimum absolute atomic E-state index is 0.0150. The van der Waals surface area contributed by atoms with Crippen molar-refractivity contribution in [1.82, 2.24) is 15.2 Å². The average Bonchev–Trinajstić information content (AvgIpc) is 3.04. The van der Waals surface area contributed by atoms with Crippen LogP contribution in [0.15, 0.2) is 18.3 Å². The topological polar surface area (TPSA) is 78.2 Å². The molecule has 1 N–H and O–H groups in total. The predicted molar refractivity (Wildman–Crippen MR) is 80.2 cm³/mol. The normalized spacial score (nSPS) is 25.6. The van der Waals surface area contributed by atoms with Crippen molar-refractivity contribution in [2.45, 2.75) is 31.3 Å². The van der Waals surface area contributed by atoms with Crippen LogP contribution >= 0.6 is 0 Å². The van der Waals surface area contributed by atoms with Gasteiger partial charge in [-0.3, -0.25) is 9.69 Å². The standard InChI is InChI=1S/C16H20N4O2/c17-8-13-5-4-12(9-18-13)16(21)19-14-10-22-11-15(14)20-6-2-1-3-7-20/h4-5,9,14-15H,1-3,6-7,10-11H2,(H,19,21)/t14-,15-/m0/s1. The van der Waals surface area contributed by atoms with Crippen LogP contribution in [0.2, 0.25) is 0 Å². The van der Waals surface area contributed by atoms with E-state index in [1.165, 1.54) is 25.5 Å². The third-order valence-corrected chi connectivity index (χ3v) is 4.37. The van der Waals surface area contributed by atoms with E-state index in [1.807, 2.05) is 6.07 Å². The van der Waals surface area contributed by atoms with Crippen LogP contribution < -0.4 is 5.32 Å². The van der Waals surface area contributed by atoms with Crippen molar-refractivity contribution in [1.29, 1.82) is 5.26 Å². The Hall–Kier alpha value is -1.97. The van der Waals surface area contributed by atoms with Crippen molar-refractivity contribution in [3.63, 3.8) is 0 Å². The summed E-state index contributed by atoms with van der Waals surface area (Å²) < 4.78 is 5.58. The van der Waals surface area contributed by atoms with Crippen molar-refractivity contribution in [2.24, 2.45) is 0 Å².